The van der Waals surface area contributed by atoms with Crippen molar-refractivity contribution in [3.8, 4) is 0 Å². The molecule has 2 rings (SSSR count). The Morgan fingerprint density at radius 2 is 1.57 bits per heavy atom. The second-order valence-corrected chi connectivity index (χ2v) is 5.02. The van der Waals surface area contributed by atoms with Crippen molar-refractivity contribution < 1.29 is 15.0 Å². The summed E-state index contributed by atoms with van der Waals surface area (Å²) in [5.74, 6) is 0.0848. The first-order valence-electron chi connectivity index (χ1n) is 7.20. The van der Waals surface area contributed by atoms with Gasteiger partial charge in [0.1, 0.15) is 0 Å². The van der Waals surface area contributed by atoms with Crippen LogP contribution in [-0.2, 0) is 0 Å². The fourth-order valence-corrected chi connectivity index (χ4v) is 2.39. The third kappa shape index (κ3) is 4.36. The Kier molecular flexibility index (Phi) is 5.87. The Balaban J connectivity index is 2.01. The quantitative estimate of drug-likeness (QED) is 0.726. The van der Waals surface area contributed by atoms with E-state index < -0.39 is 0 Å². The molecule has 2 aromatic rings. The third-order valence-electron chi connectivity index (χ3n) is 3.56. The van der Waals surface area contributed by atoms with Crippen LogP contribution in [0.2, 0.25) is 0 Å². The Bertz CT molecular complexity index is 591. The van der Waals surface area contributed by atoms with Crippen molar-refractivity contribution in [2.24, 2.45) is 0 Å². The minimum Gasteiger partial charge on any atom is -0.395 e. The van der Waals surface area contributed by atoms with E-state index in [1.165, 1.54) is 0 Å². The average Bonchev–Trinajstić information content (AvgIpc) is 2.52. The van der Waals surface area contributed by atoms with Crippen LogP contribution in [0, 0.1) is 0 Å². The van der Waals surface area contributed by atoms with Crippen molar-refractivity contribution in [1.82, 2.24) is 4.90 Å². The van der Waals surface area contributed by atoms with Gasteiger partial charge in [0.2, 0.25) is 0 Å². The minimum absolute atomic E-state index is 0.0319. The highest BCUT2D eigenvalue weighted by molar-refractivity contribution is 6.00. The van der Waals surface area contributed by atoms with Gasteiger partial charge in [0.25, 0.3) is 0 Å². The number of nitrogens with zero attached hydrogens (tertiary/aromatic N) is 1. The van der Waals surface area contributed by atoms with Crippen molar-refractivity contribution >= 4 is 16.6 Å². The lowest BCUT2D eigenvalue weighted by Gasteiger charge is -2.19. The van der Waals surface area contributed by atoms with Crippen LogP contribution in [0.25, 0.3) is 10.8 Å². The maximum absolute atomic E-state index is 12.2. The van der Waals surface area contributed by atoms with Crippen LogP contribution in [0.5, 0.6) is 0 Å². The highest BCUT2D eigenvalue weighted by atomic mass is 16.3. The van der Waals surface area contributed by atoms with E-state index in [2.05, 4.69) is 0 Å². The molecular weight excluding hydrogens is 266 g/mol. The highest BCUT2D eigenvalue weighted by Gasteiger charge is 2.10. The molecule has 112 valence electrons. The molecule has 0 radical (unpaired) electrons. The number of hydrogen-bond acceptors (Lipinski definition) is 4. The SMILES string of the molecule is O=C(CCN(CCO)CCO)c1ccc2ccccc2c1. The maximum atomic E-state index is 12.2. The Morgan fingerprint density at radius 1 is 0.905 bits per heavy atom. The van der Waals surface area contributed by atoms with E-state index in [1.54, 1.807) is 0 Å². The summed E-state index contributed by atoms with van der Waals surface area (Å²) in [4.78, 5) is 14.1. The molecule has 0 saturated carbocycles. The van der Waals surface area contributed by atoms with Crippen molar-refractivity contribution in [2.75, 3.05) is 32.8 Å². The molecule has 0 bridgehead atoms. The van der Waals surface area contributed by atoms with E-state index >= 15 is 0 Å². The highest BCUT2D eigenvalue weighted by Crippen LogP contribution is 2.16. The third-order valence-corrected chi connectivity index (χ3v) is 3.56. The monoisotopic (exact) mass is 287 g/mol. The number of aliphatic hydroxyl groups excluding tert-OH is 2. The summed E-state index contributed by atoms with van der Waals surface area (Å²) in [6, 6.07) is 13.7. The maximum Gasteiger partial charge on any atom is 0.164 e. The molecule has 4 heteroatoms. The number of carbonyl (C=O) groups is 1. The van der Waals surface area contributed by atoms with Gasteiger partial charge in [0.15, 0.2) is 5.78 Å². The number of fused-ring (bicyclic) bond motifs is 1. The summed E-state index contributed by atoms with van der Waals surface area (Å²) in [6.07, 6.45) is 0.387. The molecule has 0 fully saturated rings. The first kappa shape index (κ1) is 15.6. The number of rotatable bonds is 8. The van der Waals surface area contributed by atoms with E-state index in [-0.39, 0.29) is 19.0 Å². The van der Waals surface area contributed by atoms with E-state index in [9.17, 15) is 4.79 Å². The largest absolute Gasteiger partial charge is 0.395 e. The zero-order chi connectivity index (χ0) is 15.1. The van der Waals surface area contributed by atoms with Gasteiger partial charge < -0.3 is 10.2 Å². The van der Waals surface area contributed by atoms with Gasteiger partial charge in [-0.05, 0) is 16.8 Å². The van der Waals surface area contributed by atoms with Gasteiger partial charge in [-0.1, -0.05) is 36.4 Å². The molecule has 2 N–H and O–H groups in total. The number of carbonyl (C=O) groups excluding carboxylic acids is 1. The second kappa shape index (κ2) is 7.88. The summed E-state index contributed by atoms with van der Waals surface area (Å²) in [6.45, 7) is 1.57. The van der Waals surface area contributed by atoms with Crippen LogP contribution in [0.1, 0.15) is 16.8 Å². The van der Waals surface area contributed by atoms with Gasteiger partial charge >= 0.3 is 0 Å². The van der Waals surface area contributed by atoms with Crippen LogP contribution in [0.4, 0.5) is 0 Å². The van der Waals surface area contributed by atoms with Gasteiger partial charge in [-0.15, -0.1) is 0 Å². The summed E-state index contributed by atoms with van der Waals surface area (Å²) in [5, 5.41) is 20.1. The van der Waals surface area contributed by atoms with Crippen molar-refractivity contribution in [3.63, 3.8) is 0 Å². The molecule has 0 saturated heterocycles. The first-order valence-corrected chi connectivity index (χ1v) is 7.20. The predicted octanol–water partition coefficient (Wildman–Crippen LogP) is 1.70. The molecule has 0 amide bonds. The lowest BCUT2D eigenvalue weighted by molar-refractivity contribution is 0.0947. The van der Waals surface area contributed by atoms with Gasteiger partial charge in [0, 0.05) is 31.6 Å². The van der Waals surface area contributed by atoms with Gasteiger partial charge in [-0.2, -0.15) is 0 Å². The molecule has 0 aliphatic rings. The molecule has 21 heavy (non-hydrogen) atoms. The zero-order valence-corrected chi connectivity index (χ0v) is 12.0. The van der Waals surface area contributed by atoms with E-state index in [1.807, 2.05) is 47.4 Å². The van der Waals surface area contributed by atoms with Crippen molar-refractivity contribution in [2.45, 2.75) is 6.42 Å². The number of ketones is 1. The van der Waals surface area contributed by atoms with Crippen LogP contribution in [-0.4, -0.2) is 53.7 Å². The Hall–Kier alpha value is -1.75. The van der Waals surface area contributed by atoms with E-state index in [4.69, 9.17) is 10.2 Å². The van der Waals surface area contributed by atoms with Crippen LogP contribution < -0.4 is 0 Å². The summed E-state index contributed by atoms with van der Waals surface area (Å²) in [5.41, 5.74) is 0.710. The smallest absolute Gasteiger partial charge is 0.164 e. The molecule has 0 aliphatic carbocycles. The number of aliphatic hydroxyl groups is 2. The minimum atomic E-state index is 0.0319. The van der Waals surface area contributed by atoms with Crippen LogP contribution in [0.3, 0.4) is 0 Å². The van der Waals surface area contributed by atoms with E-state index in [0.29, 0.717) is 31.6 Å². The molecule has 0 unspecified atom stereocenters. The summed E-state index contributed by atoms with van der Waals surface area (Å²) >= 11 is 0. The summed E-state index contributed by atoms with van der Waals surface area (Å²) < 4.78 is 0. The second-order valence-electron chi connectivity index (χ2n) is 5.02. The fraction of sp³-hybridized carbons (Fsp3) is 0.353. The fourth-order valence-electron chi connectivity index (χ4n) is 2.39. The zero-order valence-electron chi connectivity index (χ0n) is 12.0. The molecule has 0 heterocycles. The molecule has 4 nitrogen and oxygen atoms in total. The van der Waals surface area contributed by atoms with Crippen LogP contribution in [0.15, 0.2) is 42.5 Å². The van der Waals surface area contributed by atoms with Crippen molar-refractivity contribution in [1.29, 1.82) is 0 Å². The topological polar surface area (TPSA) is 60.8 Å². The molecular formula is C17H21NO3. The Labute approximate surface area is 124 Å². The molecule has 0 aromatic heterocycles. The number of hydrogen-bond donors (Lipinski definition) is 2. The normalized spacial score (nSPS) is 11.2. The van der Waals surface area contributed by atoms with Gasteiger partial charge in [0.05, 0.1) is 13.2 Å². The Morgan fingerprint density at radius 3 is 2.24 bits per heavy atom. The van der Waals surface area contributed by atoms with E-state index in [0.717, 1.165) is 10.8 Å². The average molecular weight is 287 g/mol. The van der Waals surface area contributed by atoms with Crippen molar-refractivity contribution in [3.05, 3.63) is 48.0 Å². The molecule has 0 spiro atoms. The van der Waals surface area contributed by atoms with Gasteiger partial charge in [-0.25, -0.2) is 0 Å². The molecule has 0 atom stereocenters. The summed E-state index contributed by atoms with van der Waals surface area (Å²) in [7, 11) is 0. The predicted molar refractivity (Wildman–Crippen MR) is 83.5 cm³/mol. The standard InChI is InChI=1S/C17H21NO3/c19-11-9-18(10-12-20)8-7-17(21)16-6-5-14-3-1-2-4-15(14)13-16/h1-6,13,19-20H,7-12H2. The van der Waals surface area contributed by atoms with Gasteiger partial charge in [-0.3, -0.25) is 9.69 Å². The number of Topliss-reactive ketones (excluding diaryl/α,β-unsaturated/α-hetero) is 1. The lowest BCUT2D eigenvalue weighted by atomic mass is 10.0. The molecule has 0 aliphatic heterocycles. The van der Waals surface area contributed by atoms with Crippen LogP contribution >= 0.6 is 0 Å². The lowest BCUT2D eigenvalue weighted by Crippen LogP contribution is -2.31. The first-order chi connectivity index (χ1) is 10.2. The number of benzene rings is 2. The molecule has 2 aromatic carbocycles.